The van der Waals surface area contributed by atoms with Crippen molar-refractivity contribution in [3.63, 3.8) is 0 Å². The van der Waals surface area contributed by atoms with Crippen LogP contribution in [-0.4, -0.2) is 17.9 Å². The molecular weight excluding hydrogens is 514 g/mol. The van der Waals surface area contributed by atoms with Crippen molar-refractivity contribution in [3.8, 4) is 17.6 Å². The molecule has 0 saturated carbocycles. The molecule has 0 fully saturated rings. The maximum absolute atomic E-state index is 12.8. The highest BCUT2D eigenvalue weighted by molar-refractivity contribution is 9.10. The van der Waals surface area contributed by atoms with Gasteiger partial charge in [0, 0.05) is 22.3 Å². The minimum atomic E-state index is -0.523. The van der Waals surface area contributed by atoms with E-state index in [0.717, 1.165) is 16.7 Å². The number of nitriles is 1. The maximum Gasteiger partial charge on any atom is 0.269 e. The van der Waals surface area contributed by atoms with Crippen molar-refractivity contribution >= 4 is 39.3 Å². The summed E-state index contributed by atoms with van der Waals surface area (Å²) in [6.07, 6.45) is 1.47. The summed E-state index contributed by atoms with van der Waals surface area (Å²) in [4.78, 5) is 23.1. The van der Waals surface area contributed by atoms with E-state index in [1.807, 2.05) is 32.0 Å². The van der Waals surface area contributed by atoms with Gasteiger partial charge in [0.2, 0.25) is 0 Å². The Morgan fingerprint density at radius 1 is 1.17 bits per heavy atom. The average Bonchev–Trinajstić information content (AvgIpc) is 2.85. The Morgan fingerprint density at radius 2 is 1.89 bits per heavy atom. The number of nitro benzene ring substituents is 1. The summed E-state index contributed by atoms with van der Waals surface area (Å²) < 4.78 is 11.9. The molecule has 0 saturated heterocycles. The number of methoxy groups -OCH3 is 1. The lowest BCUT2D eigenvalue weighted by molar-refractivity contribution is -0.384. The quantitative estimate of drug-likeness (QED) is 0.161. The van der Waals surface area contributed by atoms with E-state index < -0.39 is 10.8 Å². The van der Waals surface area contributed by atoms with E-state index in [-0.39, 0.29) is 17.9 Å². The zero-order valence-corrected chi connectivity index (χ0v) is 20.9. The van der Waals surface area contributed by atoms with E-state index >= 15 is 0 Å². The fourth-order valence-corrected chi connectivity index (χ4v) is 3.63. The molecule has 0 spiro atoms. The topological polar surface area (TPSA) is 114 Å². The van der Waals surface area contributed by atoms with Crippen LogP contribution in [0.15, 0.2) is 64.6 Å². The van der Waals surface area contributed by atoms with Crippen molar-refractivity contribution in [3.05, 3.63) is 97.0 Å². The Morgan fingerprint density at radius 3 is 2.51 bits per heavy atom. The lowest BCUT2D eigenvalue weighted by atomic mass is 10.1. The first kappa shape index (κ1) is 25.5. The standard InChI is InChI=1S/C26H22BrN3O5/c1-16-5-4-6-23(17(16)2)29-26(31)20(14-28)11-19-12-24(34-3)25(13-22(19)27)35-15-18-7-9-21(10-8-18)30(32)33/h4-13H,15H2,1-3H3,(H,29,31)/b20-11+. The van der Waals surface area contributed by atoms with Crippen LogP contribution >= 0.6 is 15.9 Å². The first-order valence-electron chi connectivity index (χ1n) is 10.5. The molecule has 9 heteroatoms. The molecule has 1 amide bonds. The number of rotatable bonds is 8. The number of ether oxygens (including phenoxy) is 2. The minimum Gasteiger partial charge on any atom is -0.493 e. The van der Waals surface area contributed by atoms with E-state index in [1.165, 1.54) is 25.3 Å². The average molecular weight is 536 g/mol. The number of amides is 1. The first-order valence-corrected chi connectivity index (χ1v) is 11.3. The van der Waals surface area contributed by atoms with Gasteiger partial charge in [0.1, 0.15) is 18.2 Å². The third-order valence-electron chi connectivity index (χ3n) is 5.34. The van der Waals surface area contributed by atoms with Crippen molar-refractivity contribution in [2.24, 2.45) is 0 Å². The lowest BCUT2D eigenvalue weighted by Crippen LogP contribution is -2.14. The van der Waals surface area contributed by atoms with Gasteiger partial charge in [-0.2, -0.15) is 5.26 Å². The van der Waals surface area contributed by atoms with Gasteiger partial charge in [-0.15, -0.1) is 0 Å². The van der Waals surface area contributed by atoms with Gasteiger partial charge in [-0.05, 0) is 72.5 Å². The summed E-state index contributed by atoms with van der Waals surface area (Å²) in [5.74, 6) is 0.298. The van der Waals surface area contributed by atoms with Crippen LogP contribution in [0.1, 0.15) is 22.3 Å². The molecule has 0 unspecified atom stereocenters. The summed E-state index contributed by atoms with van der Waals surface area (Å²) in [5.41, 5.74) is 3.82. The number of anilines is 1. The minimum absolute atomic E-state index is 0.000100. The van der Waals surface area contributed by atoms with E-state index in [4.69, 9.17) is 9.47 Å². The monoisotopic (exact) mass is 535 g/mol. The number of nitro groups is 1. The highest BCUT2D eigenvalue weighted by Crippen LogP contribution is 2.35. The van der Waals surface area contributed by atoms with Crippen LogP contribution in [0.2, 0.25) is 0 Å². The number of carbonyl (C=O) groups excluding carboxylic acids is 1. The van der Waals surface area contributed by atoms with Crippen molar-refractivity contribution in [1.82, 2.24) is 0 Å². The number of non-ortho nitro benzene ring substituents is 1. The molecule has 0 bridgehead atoms. The summed E-state index contributed by atoms with van der Waals surface area (Å²) in [5, 5.41) is 23.2. The molecule has 0 radical (unpaired) electrons. The molecule has 0 aliphatic carbocycles. The van der Waals surface area contributed by atoms with Crippen LogP contribution in [0.3, 0.4) is 0 Å². The fraction of sp³-hybridized carbons (Fsp3) is 0.154. The van der Waals surface area contributed by atoms with Gasteiger partial charge in [0.15, 0.2) is 11.5 Å². The summed E-state index contributed by atoms with van der Waals surface area (Å²) in [6, 6.07) is 16.9. The van der Waals surface area contributed by atoms with Crippen LogP contribution in [0.25, 0.3) is 6.08 Å². The van der Waals surface area contributed by atoms with E-state index in [1.54, 1.807) is 30.3 Å². The third-order valence-corrected chi connectivity index (χ3v) is 6.03. The number of carbonyl (C=O) groups is 1. The van der Waals surface area contributed by atoms with E-state index in [2.05, 4.69) is 21.2 Å². The van der Waals surface area contributed by atoms with Gasteiger partial charge in [0.25, 0.3) is 11.6 Å². The molecule has 0 aromatic heterocycles. The number of aryl methyl sites for hydroxylation is 1. The summed E-state index contributed by atoms with van der Waals surface area (Å²) in [7, 11) is 1.48. The van der Waals surface area contributed by atoms with Crippen LogP contribution in [0.5, 0.6) is 11.5 Å². The first-order chi connectivity index (χ1) is 16.7. The second kappa shape index (κ2) is 11.3. The van der Waals surface area contributed by atoms with Gasteiger partial charge in [0.05, 0.1) is 12.0 Å². The Kier molecular flexibility index (Phi) is 8.23. The number of hydrogen-bond donors (Lipinski definition) is 1. The Balaban J connectivity index is 1.81. The molecule has 0 aliphatic heterocycles. The zero-order chi connectivity index (χ0) is 25.5. The molecule has 0 aliphatic rings. The Labute approximate surface area is 211 Å². The second-order valence-electron chi connectivity index (χ2n) is 7.61. The van der Waals surface area contributed by atoms with Crippen LogP contribution < -0.4 is 14.8 Å². The fourth-order valence-electron chi connectivity index (χ4n) is 3.19. The molecule has 3 aromatic rings. The highest BCUT2D eigenvalue weighted by Gasteiger charge is 2.15. The van der Waals surface area contributed by atoms with Gasteiger partial charge in [-0.3, -0.25) is 14.9 Å². The SMILES string of the molecule is COc1cc(/C=C(\C#N)C(=O)Nc2cccc(C)c2C)c(Br)cc1OCc1ccc([N+](=O)[O-])cc1. The second-order valence-corrected chi connectivity index (χ2v) is 8.46. The van der Waals surface area contributed by atoms with Gasteiger partial charge in [-0.1, -0.05) is 28.1 Å². The van der Waals surface area contributed by atoms with Gasteiger partial charge < -0.3 is 14.8 Å². The molecule has 3 rings (SSSR count). The van der Waals surface area contributed by atoms with Gasteiger partial charge in [-0.25, -0.2) is 0 Å². The third kappa shape index (κ3) is 6.25. The smallest absolute Gasteiger partial charge is 0.269 e. The largest absolute Gasteiger partial charge is 0.493 e. The molecule has 3 aromatic carbocycles. The van der Waals surface area contributed by atoms with Crippen LogP contribution in [-0.2, 0) is 11.4 Å². The summed E-state index contributed by atoms with van der Waals surface area (Å²) in [6.45, 7) is 4.01. The number of halogens is 1. The highest BCUT2D eigenvalue weighted by atomic mass is 79.9. The number of benzene rings is 3. The predicted molar refractivity (Wildman–Crippen MR) is 136 cm³/mol. The molecule has 178 valence electrons. The van der Waals surface area contributed by atoms with Crippen molar-refractivity contribution in [2.75, 3.05) is 12.4 Å². The number of nitrogens with one attached hydrogen (secondary N) is 1. The molecule has 35 heavy (non-hydrogen) atoms. The van der Waals surface area contributed by atoms with E-state index in [0.29, 0.717) is 27.2 Å². The molecule has 0 atom stereocenters. The molecule has 8 nitrogen and oxygen atoms in total. The molecule has 1 N–H and O–H groups in total. The maximum atomic E-state index is 12.8. The Bertz CT molecular complexity index is 1340. The van der Waals surface area contributed by atoms with Gasteiger partial charge >= 0.3 is 0 Å². The van der Waals surface area contributed by atoms with Crippen molar-refractivity contribution in [2.45, 2.75) is 20.5 Å². The van der Waals surface area contributed by atoms with E-state index in [9.17, 15) is 20.2 Å². The molecule has 0 heterocycles. The lowest BCUT2D eigenvalue weighted by Gasteiger charge is -2.13. The van der Waals surface area contributed by atoms with Crippen LogP contribution in [0, 0.1) is 35.3 Å². The number of nitrogens with zero attached hydrogens (tertiary/aromatic N) is 2. The Hall–Kier alpha value is -4.16. The predicted octanol–water partition coefficient (Wildman–Crippen LogP) is 6.11. The van der Waals surface area contributed by atoms with Crippen molar-refractivity contribution < 1.29 is 19.2 Å². The van der Waals surface area contributed by atoms with Crippen LogP contribution in [0.4, 0.5) is 11.4 Å². The van der Waals surface area contributed by atoms with Crippen molar-refractivity contribution in [1.29, 1.82) is 5.26 Å². The summed E-state index contributed by atoms with van der Waals surface area (Å²) >= 11 is 3.46. The normalized spacial score (nSPS) is 10.9. The zero-order valence-electron chi connectivity index (χ0n) is 19.3. The number of hydrogen-bond acceptors (Lipinski definition) is 6. The molecular formula is C26H22BrN3O5.